The summed E-state index contributed by atoms with van der Waals surface area (Å²) in [4.78, 5) is 31.7. The first-order valence-corrected chi connectivity index (χ1v) is 12.5. The Morgan fingerprint density at radius 3 is 2.56 bits per heavy atom. The number of thiazole rings is 1. The van der Waals surface area contributed by atoms with Gasteiger partial charge in [-0.3, -0.25) is 9.36 Å². The number of hydrogen-bond donors (Lipinski definition) is 0. The highest BCUT2D eigenvalue weighted by molar-refractivity contribution is 7.07. The SMILES string of the molecule is CCOC(=O)C1=C(C)N=c2s/c(=C\c3cccc(Cl)c3Cl)c(=O)n2C1c1ccc(C(C)C)cc1. The van der Waals surface area contributed by atoms with Gasteiger partial charge in [-0.1, -0.05) is 84.8 Å². The van der Waals surface area contributed by atoms with Gasteiger partial charge in [-0.15, -0.1) is 0 Å². The van der Waals surface area contributed by atoms with Crippen LogP contribution in [0.4, 0.5) is 0 Å². The predicted octanol–water partition coefficient (Wildman–Crippen LogP) is 5.23. The lowest BCUT2D eigenvalue weighted by Crippen LogP contribution is -2.39. The molecular formula is C26H24Cl2N2O3S. The molecule has 2 heterocycles. The van der Waals surface area contributed by atoms with Crippen LogP contribution in [-0.4, -0.2) is 17.1 Å². The molecule has 2 aromatic carbocycles. The quantitative estimate of drug-likeness (QED) is 0.438. The summed E-state index contributed by atoms with van der Waals surface area (Å²) >= 11 is 13.8. The number of benzene rings is 2. The third-order valence-corrected chi connectivity index (χ3v) is 7.52. The maximum absolute atomic E-state index is 13.6. The zero-order chi connectivity index (χ0) is 24.6. The number of fused-ring (bicyclic) bond motifs is 1. The zero-order valence-electron chi connectivity index (χ0n) is 19.3. The first kappa shape index (κ1) is 24.5. The molecular weight excluding hydrogens is 491 g/mol. The Balaban J connectivity index is 1.95. The molecule has 0 amide bonds. The number of hydrogen-bond acceptors (Lipinski definition) is 5. The molecule has 4 rings (SSSR count). The number of ether oxygens (including phenoxy) is 1. The van der Waals surface area contributed by atoms with Crippen LogP contribution in [0.25, 0.3) is 6.08 Å². The lowest BCUT2D eigenvalue weighted by Gasteiger charge is -2.25. The van der Waals surface area contributed by atoms with Gasteiger partial charge in [-0.2, -0.15) is 0 Å². The lowest BCUT2D eigenvalue weighted by molar-refractivity contribution is -0.139. The van der Waals surface area contributed by atoms with Crippen LogP contribution >= 0.6 is 34.5 Å². The van der Waals surface area contributed by atoms with E-state index in [9.17, 15) is 9.59 Å². The molecule has 34 heavy (non-hydrogen) atoms. The lowest BCUT2D eigenvalue weighted by atomic mass is 9.93. The number of carbonyl (C=O) groups excluding carboxylic acids is 1. The molecule has 1 aliphatic heterocycles. The second kappa shape index (κ2) is 9.90. The first-order valence-electron chi connectivity index (χ1n) is 11.0. The van der Waals surface area contributed by atoms with Crippen molar-refractivity contribution in [1.82, 2.24) is 4.57 Å². The summed E-state index contributed by atoms with van der Waals surface area (Å²) in [5.41, 5.74) is 3.26. The van der Waals surface area contributed by atoms with Crippen molar-refractivity contribution in [3.8, 4) is 0 Å². The van der Waals surface area contributed by atoms with Gasteiger partial charge in [0.2, 0.25) is 0 Å². The second-order valence-electron chi connectivity index (χ2n) is 8.27. The normalized spacial score (nSPS) is 16.0. The molecule has 1 atom stereocenters. The van der Waals surface area contributed by atoms with Gasteiger partial charge in [0.15, 0.2) is 4.80 Å². The molecule has 0 saturated heterocycles. The Morgan fingerprint density at radius 2 is 1.91 bits per heavy atom. The van der Waals surface area contributed by atoms with Crippen molar-refractivity contribution in [3.63, 3.8) is 0 Å². The van der Waals surface area contributed by atoms with Crippen LogP contribution in [0.1, 0.15) is 56.3 Å². The number of rotatable bonds is 5. The fourth-order valence-electron chi connectivity index (χ4n) is 3.94. The van der Waals surface area contributed by atoms with Gasteiger partial charge in [-0.05, 0) is 48.6 Å². The third kappa shape index (κ3) is 4.50. The molecule has 0 fully saturated rings. The van der Waals surface area contributed by atoms with Crippen molar-refractivity contribution in [3.05, 3.63) is 100 Å². The van der Waals surface area contributed by atoms with Crippen LogP contribution in [0.3, 0.4) is 0 Å². The van der Waals surface area contributed by atoms with E-state index in [0.717, 1.165) is 5.56 Å². The molecule has 8 heteroatoms. The third-order valence-electron chi connectivity index (χ3n) is 5.70. The standard InChI is InChI=1S/C26H24Cl2N2O3S/c1-5-33-25(32)21-15(4)29-26-30(23(21)17-11-9-16(10-12-17)14(2)3)24(31)20(34-26)13-18-7-6-8-19(27)22(18)28/h6-14,23H,5H2,1-4H3/b20-13-. The second-order valence-corrected chi connectivity index (χ2v) is 10.1. The molecule has 1 unspecified atom stereocenters. The number of aromatic nitrogens is 1. The van der Waals surface area contributed by atoms with Gasteiger partial charge in [-0.25, -0.2) is 9.79 Å². The van der Waals surface area contributed by atoms with Gasteiger partial charge < -0.3 is 4.74 Å². The molecule has 1 aliphatic rings. The number of halogens is 2. The highest BCUT2D eigenvalue weighted by atomic mass is 35.5. The predicted molar refractivity (Wildman–Crippen MR) is 137 cm³/mol. The van der Waals surface area contributed by atoms with Crippen LogP contribution in [0.2, 0.25) is 10.0 Å². The fraction of sp³-hybridized carbons (Fsp3) is 0.269. The van der Waals surface area contributed by atoms with Crippen LogP contribution in [0.5, 0.6) is 0 Å². The Bertz CT molecular complexity index is 1470. The Kier molecular flexibility index (Phi) is 7.12. The van der Waals surface area contributed by atoms with Crippen LogP contribution in [0, 0.1) is 0 Å². The summed E-state index contributed by atoms with van der Waals surface area (Å²) in [5, 5.41) is 0.783. The number of allylic oxidation sites excluding steroid dienone is 1. The number of esters is 1. The zero-order valence-corrected chi connectivity index (χ0v) is 21.6. The van der Waals surface area contributed by atoms with E-state index in [1.807, 2.05) is 24.3 Å². The smallest absolute Gasteiger partial charge is 0.338 e. The highest BCUT2D eigenvalue weighted by Gasteiger charge is 2.33. The van der Waals surface area contributed by atoms with Crippen molar-refractivity contribution >= 4 is 46.6 Å². The van der Waals surface area contributed by atoms with Crippen LogP contribution < -0.4 is 14.9 Å². The van der Waals surface area contributed by atoms with Gasteiger partial charge >= 0.3 is 5.97 Å². The monoisotopic (exact) mass is 514 g/mol. The fourth-order valence-corrected chi connectivity index (χ4v) is 5.34. The molecule has 176 valence electrons. The Morgan fingerprint density at radius 1 is 1.21 bits per heavy atom. The van der Waals surface area contributed by atoms with Crippen LogP contribution in [0.15, 0.2) is 63.5 Å². The summed E-state index contributed by atoms with van der Waals surface area (Å²) < 4.78 is 7.36. The molecule has 5 nitrogen and oxygen atoms in total. The minimum atomic E-state index is -0.645. The van der Waals surface area contributed by atoms with Crippen molar-refractivity contribution in [2.24, 2.45) is 4.99 Å². The van der Waals surface area contributed by atoms with E-state index < -0.39 is 12.0 Å². The summed E-state index contributed by atoms with van der Waals surface area (Å²) in [5.74, 6) is -0.117. The summed E-state index contributed by atoms with van der Waals surface area (Å²) in [6.45, 7) is 7.99. The van der Waals surface area contributed by atoms with E-state index in [4.69, 9.17) is 27.9 Å². The first-order chi connectivity index (χ1) is 16.2. The van der Waals surface area contributed by atoms with Gasteiger partial charge in [0.1, 0.15) is 0 Å². The van der Waals surface area contributed by atoms with Crippen molar-refractivity contribution in [1.29, 1.82) is 0 Å². The molecule has 1 aromatic heterocycles. The molecule has 0 radical (unpaired) electrons. The van der Waals surface area contributed by atoms with E-state index in [2.05, 4.69) is 18.8 Å². The van der Waals surface area contributed by atoms with E-state index >= 15 is 0 Å². The highest BCUT2D eigenvalue weighted by Crippen LogP contribution is 2.32. The summed E-state index contributed by atoms with van der Waals surface area (Å²) in [7, 11) is 0. The summed E-state index contributed by atoms with van der Waals surface area (Å²) in [6, 6.07) is 12.6. The molecule has 0 bridgehead atoms. The van der Waals surface area contributed by atoms with Crippen molar-refractivity contribution in [2.75, 3.05) is 6.61 Å². The average Bonchev–Trinajstić information content (AvgIpc) is 3.10. The maximum Gasteiger partial charge on any atom is 0.338 e. The molecule has 3 aromatic rings. The van der Waals surface area contributed by atoms with Gasteiger partial charge in [0, 0.05) is 0 Å². The summed E-state index contributed by atoms with van der Waals surface area (Å²) in [6.07, 6.45) is 1.71. The minimum Gasteiger partial charge on any atom is -0.463 e. The largest absolute Gasteiger partial charge is 0.463 e. The molecule has 0 spiro atoms. The van der Waals surface area contributed by atoms with E-state index in [-0.39, 0.29) is 12.2 Å². The molecule has 0 saturated carbocycles. The van der Waals surface area contributed by atoms with Gasteiger partial charge in [0.05, 0.1) is 38.5 Å². The molecule has 0 N–H and O–H groups in total. The average molecular weight is 515 g/mol. The van der Waals surface area contributed by atoms with Gasteiger partial charge in [0.25, 0.3) is 5.56 Å². The Hall–Kier alpha value is -2.67. The van der Waals surface area contributed by atoms with E-state index in [1.54, 1.807) is 42.7 Å². The van der Waals surface area contributed by atoms with Crippen molar-refractivity contribution in [2.45, 2.75) is 39.7 Å². The maximum atomic E-state index is 13.6. The van der Waals surface area contributed by atoms with E-state index in [0.29, 0.717) is 42.1 Å². The van der Waals surface area contributed by atoms with E-state index in [1.165, 1.54) is 16.9 Å². The number of carbonyl (C=O) groups is 1. The minimum absolute atomic E-state index is 0.228. The Labute approximate surface area is 211 Å². The number of nitrogens with zero attached hydrogens (tertiary/aromatic N) is 2. The van der Waals surface area contributed by atoms with Crippen LogP contribution in [-0.2, 0) is 9.53 Å². The topological polar surface area (TPSA) is 60.7 Å². The molecule has 0 aliphatic carbocycles. The van der Waals surface area contributed by atoms with Crippen molar-refractivity contribution < 1.29 is 9.53 Å².